The van der Waals surface area contributed by atoms with E-state index in [1.165, 1.54) is 19.3 Å². The Morgan fingerprint density at radius 3 is 2.31 bits per heavy atom. The van der Waals surface area contributed by atoms with E-state index in [0.29, 0.717) is 11.6 Å². The minimum Gasteiger partial charge on any atom is -0.406 e. The summed E-state index contributed by atoms with van der Waals surface area (Å²) in [6.45, 7) is 6.30. The Bertz CT molecular complexity index is 789. The minimum absolute atomic E-state index is 0.0234. The topological polar surface area (TPSA) is 56.5 Å². The normalized spacial score (nSPS) is 37.3. The van der Waals surface area contributed by atoms with Crippen molar-refractivity contribution < 1.29 is 9.53 Å². The molecular weight excluding hydrogens is 326 g/mol. The van der Waals surface area contributed by atoms with Gasteiger partial charge in [0.05, 0.1) is 11.7 Å². The van der Waals surface area contributed by atoms with Crippen LogP contribution in [0.25, 0.3) is 6.08 Å². The standard InChI is InChI=1S/C21H27N3O2/c1-20(2,3)24-12-16(11-22-24)7-17-18(25)26-19(23-17)21-8-13-4-14(9-21)6-15(5-13)10-21/h7,11-15H,4-6,8-10H2,1-3H3/b17-7-. The molecule has 1 aromatic rings. The van der Waals surface area contributed by atoms with Crippen molar-refractivity contribution >= 4 is 17.9 Å². The van der Waals surface area contributed by atoms with Crippen molar-refractivity contribution in [3.05, 3.63) is 23.7 Å². The van der Waals surface area contributed by atoms with Gasteiger partial charge < -0.3 is 4.74 Å². The maximum Gasteiger partial charge on any atom is 0.363 e. The lowest BCUT2D eigenvalue weighted by molar-refractivity contribution is -0.131. The Morgan fingerprint density at radius 2 is 1.77 bits per heavy atom. The second-order valence-electron chi connectivity index (χ2n) is 9.92. The Balaban J connectivity index is 1.44. The Morgan fingerprint density at radius 1 is 1.15 bits per heavy atom. The number of aliphatic imine (C=N–C) groups is 1. The highest BCUT2D eigenvalue weighted by Crippen LogP contribution is 2.61. The smallest absolute Gasteiger partial charge is 0.363 e. The SMILES string of the molecule is CC(C)(C)n1cc(/C=C2\N=C(C34CC5CC(CC(C5)C3)C4)OC2=O)cn1. The van der Waals surface area contributed by atoms with E-state index in [0.717, 1.165) is 42.6 Å². The van der Waals surface area contributed by atoms with Crippen LogP contribution in [-0.2, 0) is 15.1 Å². The summed E-state index contributed by atoms with van der Waals surface area (Å²) in [5.74, 6) is 2.82. The minimum atomic E-state index is -0.306. The fourth-order valence-electron chi connectivity index (χ4n) is 5.94. The van der Waals surface area contributed by atoms with E-state index in [2.05, 4.69) is 25.9 Å². The average molecular weight is 353 g/mol. The van der Waals surface area contributed by atoms with Crippen LogP contribution in [0.3, 0.4) is 0 Å². The number of esters is 1. The van der Waals surface area contributed by atoms with Crippen LogP contribution in [0.15, 0.2) is 23.1 Å². The summed E-state index contributed by atoms with van der Waals surface area (Å²) in [4.78, 5) is 17.1. The first-order chi connectivity index (χ1) is 12.3. The first kappa shape index (κ1) is 16.3. The molecular formula is C21H27N3O2. The highest BCUT2D eigenvalue weighted by atomic mass is 16.6. The maximum atomic E-state index is 12.5. The van der Waals surface area contributed by atoms with Crippen molar-refractivity contribution in [1.29, 1.82) is 0 Å². The summed E-state index contributed by atoms with van der Waals surface area (Å²) in [6, 6.07) is 0. The zero-order valence-electron chi connectivity index (χ0n) is 15.9. The van der Waals surface area contributed by atoms with Gasteiger partial charge in [-0.1, -0.05) is 0 Å². The van der Waals surface area contributed by atoms with Gasteiger partial charge in [-0.15, -0.1) is 0 Å². The number of hydrogen-bond acceptors (Lipinski definition) is 4. The van der Waals surface area contributed by atoms with E-state index in [1.54, 1.807) is 6.20 Å². The third kappa shape index (κ3) is 2.55. The van der Waals surface area contributed by atoms with Gasteiger partial charge in [-0.25, -0.2) is 9.79 Å². The van der Waals surface area contributed by atoms with Crippen molar-refractivity contribution in [2.45, 2.75) is 64.8 Å². The second-order valence-corrected chi connectivity index (χ2v) is 9.92. The number of ether oxygens (including phenoxy) is 1. The van der Waals surface area contributed by atoms with Crippen LogP contribution in [0.4, 0.5) is 0 Å². The van der Waals surface area contributed by atoms with E-state index >= 15 is 0 Å². The number of carbonyl (C=O) groups excluding carboxylic acids is 1. The van der Waals surface area contributed by atoms with Crippen molar-refractivity contribution in [3.63, 3.8) is 0 Å². The molecule has 1 aromatic heterocycles. The number of carbonyl (C=O) groups is 1. The maximum absolute atomic E-state index is 12.5. The molecule has 0 aromatic carbocycles. The number of cyclic esters (lactones) is 1. The molecule has 0 amide bonds. The van der Waals surface area contributed by atoms with Gasteiger partial charge >= 0.3 is 5.97 Å². The third-order valence-corrected chi connectivity index (χ3v) is 6.71. The molecule has 0 radical (unpaired) electrons. The molecule has 5 nitrogen and oxygen atoms in total. The van der Waals surface area contributed by atoms with E-state index < -0.39 is 0 Å². The molecule has 2 heterocycles. The highest BCUT2D eigenvalue weighted by Gasteiger charge is 2.55. The lowest BCUT2D eigenvalue weighted by Gasteiger charge is -2.55. The van der Waals surface area contributed by atoms with Crippen molar-refractivity contribution in [2.75, 3.05) is 0 Å². The summed E-state index contributed by atoms with van der Waals surface area (Å²) in [5, 5.41) is 4.40. The zero-order valence-corrected chi connectivity index (χ0v) is 15.9. The largest absolute Gasteiger partial charge is 0.406 e. The van der Waals surface area contributed by atoms with Gasteiger partial charge in [0.15, 0.2) is 5.70 Å². The van der Waals surface area contributed by atoms with Gasteiger partial charge in [-0.05, 0) is 83.1 Å². The molecule has 4 bridgehead atoms. The number of rotatable bonds is 2. The zero-order chi connectivity index (χ0) is 18.1. The predicted molar refractivity (Wildman–Crippen MR) is 99.3 cm³/mol. The first-order valence-electron chi connectivity index (χ1n) is 9.89. The van der Waals surface area contributed by atoms with Crippen LogP contribution in [-0.4, -0.2) is 21.6 Å². The number of aromatic nitrogens is 2. The molecule has 4 fully saturated rings. The summed E-state index contributed by atoms with van der Waals surface area (Å²) >= 11 is 0. The van der Waals surface area contributed by atoms with Crippen LogP contribution in [0.1, 0.15) is 64.9 Å². The summed E-state index contributed by atoms with van der Waals surface area (Å²) in [6.07, 6.45) is 13.1. The second kappa shape index (κ2) is 5.30. The van der Waals surface area contributed by atoms with E-state index in [4.69, 9.17) is 9.73 Å². The monoisotopic (exact) mass is 353 g/mol. The highest BCUT2D eigenvalue weighted by molar-refractivity contribution is 6.08. The molecule has 0 spiro atoms. The summed E-state index contributed by atoms with van der Waals surface area (Å²) < 4.78 is 7.63. The molecule has 0 atom stereocenters. The molecule has 0 unspecified atom stereocenters. The van der Waals surface area contributed by atoms with Gasteiger partial charge in [0.25, 0.3) is 0 Å². The molecule has 4 aliphatic carbocycles. The summed E-state index contributed by atoms with van der Waals surface area (Å²) in [5.41, 5.74) is 1.25. The van der Waals surface area contributed by atoms with Crippen molar-refractivity contribution in [1.82, 2.24) is 9.78 Å². The van der Waals surface area contributed by atoms with Crippen LogP contribution in [0.2, 0.25) is 0 Å². The average Bonchev–Trinajstić information content (AvgIpc) is 3.14. The van der Waals surface area contributed by atoms with E-state index in [9.17, 15) is 4.79 Å². The molecule has 5 aliphatic rings. The Labute approximate surface area is 154 Å². The number of nitrogens with zero attached hydrogens (tertiary/aromatic N) is 3. The van der Waals surface area contributed by atoms with Crippen molar-refractivity contribution in [2.24, 2.45) is 28.2 Å². The lowest BCUT2D eigenvalue weighted by atomic mass is 9.49. The van der Waals surface area contributed by atoms with Crippen LogP contribution in [0, 0.1) is 23.2 Å². The fraction of sp³-hybridized carbons (Fsp3) is 0.667. The van der Waals surface area contributed by atoms with E-state index in [-0.39, 0.29) is 16.9 Å². The molecule has 26 heavy (non-hydrogen) atoms. The van der Waals surface area contributed by atoms with Crippen molar-refractivity contribution in [3.8, 4) is 0 Å². The molecule has 1 aliphatic heterocycles. The van der Waals surface area contributed by atoms with Gasteiger partial charge in [0.1, 0.15) is 0 Å². The van der Waals surface area contributed by atoms with Crippen LogP contribution >= 0.6 is 0 Å². The molecule has 6 rings (SSSR count). The van der Waals surface area contributed by atoms with E-state index in [1.807, 2.05) is 17.0 Å². The van der Waals surface area contributed by atoms with Gasteiger partial charge in [0.2, 0.25) is 5.90 Å². The molecule has 0 N–H and O–H groups in total. The summed E-state index contributed by atoms with van der Waals surface area (Å²) in [7, 11) is 0. The van der Waals surface area contributed by atoms with Gasteiger partial charge in [-0.2, -0.15) is 5.10 Å². The molecule has 138 valence electrons. The van der Waals surface area contributed by atoms with Gasteiger partial charge in [-0.3, -0.25) is 4.68 Å². The Hall–Kier alpha value is -1.91. The molecule has 0 saturated heterocycles. The molecule has 4 saturated carbocycles. The number of hydrogen-bond donors (Lipinski definition) is 0. The first-order valence-corrected chi connectivity index (χ1v) is 9.89. The quantitative estimate of drug-likeness (QED) is 0.593. The predicted octanol–water partition coefficient (Wildman–Crippen LogP) is 4.15. The van der Waals surface area contributed by atoms with Crippen LogP contribution in [0.5, 0.6) is 0 Å². The van der Waals surface area contributed by atoms with Gasteiger partial charge in [0, 0.05) is 17.2 Å². The molecule has 5 heteroatoms. The third-order valence-electron chi connectivity index (χ3n) is 6.71. The Kier molecular flexibility index (Phi) is 3.32. The fourth-order valence-corrected chi connectivity index (χ4v) is 5.94. The van der Waals surface area contributed by atoms with Crippen LogP contribution < -0.4 is 0 Å². The lowest BCUT2D eigenvalue weighted by Crippen LogP contribution is -2.50.